The molecule has 10 rings (SSSR count). The molecule has 0 fully saturated rings. The first-order chi connectivity index (χ1) is 46.6. The van der Waals surface area contributed by atoms with Gasteiger partial charge in [0, 0.05) is 186 Å². The number of nitrogen functional groups attached to an aromatic ring is 8. The van der Waals surface area contributed by atoms with E-state index in [2.05, 4.69) is 41.5 Å². The minimum Gasteiger partial charge on any atom is -0.493 e. The Morgan fingerprint density at radius 1 is 0.188 bits per heavy atom. The van der Waals surface area contributed by atoms with Crippen LogP contribution in [0.15, 0.2) is 97.1 Å². The van der Waals surface area contributed by atoms with E-state index in [0.717, 1.165) is 199 Å². The predicted molar refractivity (Wildman–Crippen MR) is 393 cm³/mol. The van der Waals surface area contributed by atoms with Gasteiger partial charge in [-0.15, -0.1) is 0 Å². The largest absolute Gasteiger partial charge is 0.493 e. The van der Waals surface area contributed by atoms with E-state index in [1.807, 2.05) is 97.1 Å². The number of nitrogens with two attached hydrogens (primary N) is 8. The molecule has 0 saturated carbocycles. The highest BCUT2D eigenvalue weighted by Crippen LogP contribution is 2.45. The fourth-order valence-corrected chi connectivity index (χ4v) is 13.6. The highest BCUT2D eigenvalue weighted by Gasteiger charge is 2.27. The summed E-state index contributed by atoms with van der Waals surface area (Å²) in [7, 11) is 0. The second-order valence-corrected chi connectivity index (χ2v) is 26.0. The molecule has 16 nitrogen and oxygen atoms in total. The fourth-order valence-electron chi connectivity index (χ4n) is 13.6. The standard InChI is InChI=1S/C80H102N8O8/c1-7-17-89-73-49-25-53-37-67(83)41-57(75(53)91-19-9-3)29-61-45-71(87)46-62(30-58-42-68(84)38-54(76(58)92-20-10-4)26-50(73)34-65(81)33-49)79(61)95-23-15-13-14-16-24-96-80-63-31-59-43-69(85)39-55(77(59)93-21-11-5)27-51-35-66(82)36-52(74(51)90-18-8-2)28-56-40-70(86)44-60(78(56)94-22-12-6)32-64(80)48-72(88)47-63/h33-48H,7-32,81-88H2,1-6H3. The maximum Gasteiger partial charge on any atom is 0.126 e. The van der Waals surface area contributed by atoms with E-state index in [-0.39, 0.29) is 0 Å². The molecule has 16 bridgehead atoms. The van der Waals surface area contributed by atoms with E-state index in [1.165, 1.54) is 0 Å². The quantitative estimate of drug-likeness (QED) is 0.0175. The summed E-state index contributed by atoms with van der Waals surface area (Å²) in [5.41, 5.74) is 74.8. The van der Waals surface area contributed by atoms with Crippen LogP contribution in [0.2, 0.25) is 0 Å². The molecule has 0 heterocycles. The Kier molecular flexibility index (Phi) is 23.7. The lowest BCUT2D eigenvalue weighted by Crippen LogP contribution is -2.12. The molecule has 0 spiro atoms. The summed E-state index contributed by atoms with van der Waals surface area (Å²) in [5, 5.41) is 0. The number of hydrogen-bond donors (Lipinski definition) is 8. The second-order valence-electron chi connectivity index (χ2n) is 26.0. The van der Waals surface area contributed by atoms with Crippen molar-refractivity contribution in [1.82, 2.24) is 0 Å². The third-order valence-electron chi connectivity index (χ3n) is 17.4. The molecule has 0 unspecified atom stereocenters. The van der Waals surface area contributed by atoms with Gasteiger partial charge in [-0.2, -0.15) is 0 Å². The van der Waals surface area contributed by atoms with E-state index < -0.39 is 0 Å². The van der Waals surface area contributed by atoms with Crippen LogP contribution in [0.5, 0.6) is 46.0 Å². The maximum atomic E-state index is 7.09. The monoisotopic (exact) mass is 1300 g/mol. The Hall–Kier alpha value is -9.44. The van der Waals surface area contributed by atoms with Crippen molar-refractivity contribution in [3.05, 3.63) is 186 Å². The molecule has 0 aromatic heterocycles. The van der Waals surface area contributed by atoms with Gasteiger partial charge in [0.15, 0.2) is 0 Å². The van der Waals surface area contributed by atoms with E-state index in [0.29, 0.717) is 150 Å². The smallest absolute Gasteiger partial charge is 0.126 e. The van der Waals surface area contributed by atoms with Crippen molar-refractivity contribution in [3.8, 4) is 46.0 Å². The summed E-state index contributed by atoms with van der Waals surface area (Å²) in [6, 6.07) is 32.2. The second kappa shape index (κ2) is 32.8. The van der Waals surface area contributed by atoms with Gasteiger partial charge in [0.1, 0.15) is 46.0 Å². The van der Waals surface area contributed by atoms with Crippen LogP contribution in [0, 0.1) is 0 Å². The highest BCUT2D eigenvalue weighted by atomic mass is 16.5. The van der Waals surface area contributed by atoms with E-state index in [9.17, 15) is 0 Å². The zero-order chi connectivity index (χ0) is 67.8. The van der Waals surface area contributed by atoms with Gasteiger partial charge < -0.3 is 83.8 Å². The Morgan fingerprint density at radius 3 is 0.417 bits per heavy atom. The average Bonchev–Trinajstić information content (AvgIpc) is 0.786. The lowest BCUT2D eigenvalue weighted by molar-refractivity contribution is 0.282. The molecule has 0 radical (unpaired) electrons. The number of unbranched alkanes of at least 4 members (excludes halogenated alkanes) is 3. The summed E-state index contributed by atoms with van der Waals surface area (Å²) >= 11 is 0. The van der Waals surface area contributed by atoms with Crippen molar-refractivity contribution >= 4 is 45.5 Å². The molecule has 2 aliphatic rings. The van der Waals surface area contributed by atoms with Crippen molar-refractivity contribution in [3.63, 3.8) is 0 Å². The molecule has 0 aliphatic heterocycles. The molecule has 16 heteroatoms. The Morgan fingerprint density at radius 2 is 0.302 bits per heavy atom. The van der Waals surface area contributed by atoms with Gasteiger partial charge >= 0.3 is 0 Å². The number of rotatable bonds is 27. The molecule has 8 aromatic rings. The van der Waals surface area contributed by atoms with Crippen LogP contribution in [-0.4, -0.2) is 52.9 Å². The first-order valence-corrected chi connectivity index (χ1v) is 34.9. The first kappa shape index (κ1) is 69.4. The van der Waals surface area contributed by atoms with Gasteiger partial charge in [0.05, 0.1) is 52.9 Å². The lowest BCUT2D eigenvalue weighted by Gasteiger charge is -2.24. The van der Waals surface area contributed by atoms with Crippen molar-refractivity contribution < 1.29 is 37.9 Å². The minimum absolute atomic E-state index is 0.441. The third-order valence-corrected chi connectivity index (χ3v) is 17.4. The van der Waals surface area contributed by atoms with Crippen LogP contribution in [0.25, 0.3) is 0 Å². The van der Waals surface area contributed by atoms with Crippen LogP contribution >= 0.6 is 0 Å². The normalized spacial score (nSPS) is 12.6. The van der Waals surface area contributed by atoms with E-state index >= 15 is 0 Å². The molecule has 8 aromatic carbocycles. The summed E-state index contributed by atoms with van der Waals surface area (Å²) < 4.78 is 54.5. The minimum atomic E-state index is 0.441. The molecule has 96 heavy (non-hydrogen) atoms. The van der Waals surface area contributed by atoms with Gasteiger partial charge in [0.25, 0.3) is 0 Å². The van der Waals surface area contributed by atoms with Crippen LogP contribution in [0.4, 0.5) is 45.5 Å². The average molecular weight is 1300 g/mol. The maximum absolute atomic E-state index is 7.09. The topological polar surface area (TPSA) is 282 Å². The Balaban J connectivity index is 0.957. The van der Waals surface area contributed by atoms with Gasteiger partial charge in [-0.25, -0.2) is 0 Å². The fraction of sp³-hybridized carbons (Fsp3) is 0.400. The summed E-state index contributed by atoms with van der Waals surface area (Å²) in [6.45, 7) is 16.7. The number of fused-ring (bicyclic) bond motifs is 16. The van der Waals surface area contributed by atoms with E-state index in [4.69, 9.17) is 83.8 Å². The summed E-state index contributed by atoms with van der Waals surface area (Å²) in [6.07, 6.45) is 11.9. The van der Waals surface area contributed by atoms with Gasteiger partial charge in [-0.1, -0.05) is 41.5 Å². The summed E-state index contributed by atoms with van der Waals surface area (Å²) in [5.74, 6) is 6.23. The molecule has 0 saturated heterocycles. The number of anilines is 8. The number of benzene rings is 8. The zero-order valence-electron chi connectivity index (χ0n) is 57.5. The summed E-state index contributed by atoms with van der Waals surface area (Å²) in [4.78, 5) is 0. The molecule has 0 amide bonds. The molecule has 0 atom stereocenters. The van der Waals surface area contributed by atoms with Crippen LogP contribution < -0.4 is 83.8 Å². The lowest BCUT2D eigenvalue weighted by atomic mass is 9.90. The van der Waals surface area contributed by atoms with Crippen molar-refractivity contribution in [1.29, 1.82) is 0 Å². The predicted octanol–water partition coefficient (Wildman–Crippen LogP) is 15.4. The molecule has 510 valence electrons. The Labute approximate surface area is 568 Å². The number of ether oxygens (including phenoxy) is 8. The zero-order valence-corrected chi connectivity index (χ0v) is 57.5. The van der Waals surface area contributed by atoms with Crippen LogP contribution in [-0.2, 0) is 51.4 Å². The molecular formula is C80H102N8O8. The van der Waals surface area contributed by atoms with Crippen molar-refractivity contribution in [2.45, 2.75) is 157 Å². The van der Waals surface area contributed by atoms with Gasteiger partial charge in [-0.05, 0) is 161 Å². The molecule has 2 aliphatic carbocycles. The SMILES string of the molecule is CCCOc1c2cc(N)cc1Cc1cc(N)cc(c1OCCC)Cc1cc(N)cc(c1OCCCCCCOc1c3cc(N)cc1Cc1cc(N)cc(c1OCCC)Cc1cc(N)cc(c1OCCC)Cc1cc(N)cc(c1OCCC)C3)Cc1cc(N)cc(c1OCCC)C2. The van der Waals surface area contributed by atoms with Gasteiger partial charge in [-0.3, -0.25) is 0 Å². The number of hydrogen-bond acceptors (Lipinski definition) is 16. The van der Waals surface area contributed by atoms with Crippen molar-refractivity contribution in [2.75, 3.05) is 98.7 Å². The van der Waals surface area contributed by atoms with E-state index in [1.54, 1.807) is 0 Å². The van der Waals surface area contributed by atoms with Crippen LogP contribution in [0.3, 0.4) is 0 Å². The van der Waals surface area contributed by atoms with Crippen molar-refractivity contribution in [2.24, 2.45) is 0 Å². The van der Waals surface area contributed by atoms with Crippen LogP contribution in [0.1, 0.15) is 195 Å². The highest BCUT2D eigenvalue weighted by molar-refractivity contribution is 5.68. The third kappa shape index (κ3) is 17.1. The first-order valence-electron chi connectivity index (χ1n) is 34.9. The molecule has 16 N–H and O–H groups in total. The van der Waals surface area contributed by atoms with Gasteiger partial charge in [0.2, 0.25) is 0 Å². The molecular weight excluding hydrogens is 1200 g/mol. The Bertz CT molecular complexity index is 3540.